The molecule has 0 saturated carbocycles. The number of carbonyl (C=O) groups is 1. The van der Waals surface area contributed by atoms with Crippen LogP contribution in [-0.2, 0) is 14.3 Å². The van der Waals surface area contributed by atoms with E-state index >= 15 is 0 Å². The molecule has 7 atom stereocenters. The van der Waals surface area contributed by atoms with Crippen LogP contribution in [0.1, 0.15) is 284 Å². The highest BCUT2D eigenvalue weighted by Gasteiger charge is 2.44. The van der Waals surface area contributed by atoms with E-state index in [-0.39, 0.29) is 12.5 Å². The van der Waals surface area contributed by atoms with Crippen molar-refractivity contribution in [1.29, 1.82) is 0 Å². The van der Waals surface area contributed by atoms with E-state index in [0.29, 0.717) is 6.42 Å². The highest BCUT2D eigenvalue weighted by molar-refractivity contribution is 5.76. The van der Waals surface area contributed by atoms with Crippen molar-refractivity contribution < 1.29 is 39.8 Å². The fourth-order valence-electron chi connectivity index (χ4n) is 9.32. The Morgan fingerprint density at radius 3 is 1.18 bits per heavy atom. The molecule has 0 bridgehead atoms. The first-order valence-electron chi connectivity index (χ1n) is 28.4. The molecule has 1 saturated heterocycles. The Bertz CT molecular complexity index is 1030. The molecule has 0 aromatic heterocycles. The van der Waals surface area contributed by atoms with Crippen LogP contribution in [0.15, 0.2) is 12.2 Å². The molecule has 0 aliphatic carbocycles. The second kappa shape index (κ2) is 46.6. The molecule has 0 spiro atoms. The number of rotatable bonds is 49. The molecule has 1 heterocycles. The minimum absolute atomic E-state index is 0.181. The average Bonchev–Trinajstić information content (AvgIpc) is 3.31. The number of hydrogen-bond donors (Lipinski definition) is 6. The SMILES string of the molecule is CCCC/C=C/C(O)C(COC1OC(CO)C(O)C(O)C1O)NC(=O)CCCCCCCCCCCCCCCCCCCCCCCCCCCCCCCCCCCCCCCC. The molecule has 65 heavy (non-hydrogen) atoms. The van der Waals surface area contributed by atoms with Crippen LogP contribution in [0.5, 0.6) is 0 Å². The van der Waals surface area contributed by atoms with Crippen molar-refractivity contribution >= 4 is 5.91 Å². The van der Waals surface area contributed by atoms with Gasteiger partial charge in [0.15, 0.2) is 6.29 Å². The molecule has 1 rings (SSSR count). The molecule has 1 fully saturated rings. The maximum absolute atomic E-state index is 12.8. The normalized spacial score (nSPS) is 19.9. The molecule has 9 nitrogen and oxygen atoms in total. The summed E-state index contributed by atoms with van der Waals surface area (Å²) < 4.78 is 11.1. The first-order valence-corrected chi connectivity index (χ1v) is 28.4. The Kier molecular flexibility index (Phi) is 44.5. The first kappa shape index (κ1) is 61.9. The van der Waals surface area contributed by atoms with Gasteiger partial charge in [-0.1, -0.05) is 276 Å². The maximum Gasteiger partial charge on any atom is 0.220 e. The summed E-state index contributed by atoms with van der Waals surface area (Å²) in [5, 5.41) is 53.7. The van der Waals surface area contributed by atoms with E-state index < -0.39 is 49.5 Å². The van der Waals surface area contributed by atoms with Gasteiger partial charge in [-0.25, -0.2) is 0 Å². The summed E-state index contributed by atoms with van der Waals surface area (Å²) in [5.41, 5.74) is 0. The predicted octanol–water partition coefficient (Wildman–Crippen LogP) is 13.6. The van der Waals surface area contributed by atoms with E-state index in [4.69, 9.17) is 9.47 Å². The van der Waals surface area contributed by atoms with E-state index in [1.54, 1.807) is 6.08 Å². The molecule has 386 valence electrons. The predicted molar refractivity (Wildman–Crippen MR) is 272 cm³/mol. The van der Waals surface area contributed by atoms with E-state index in [1.165, 1.54) is 225 Å². The number of amides is 1. The summed E-state index contributed by atoms with van der Waals surface area (Å²) >= 11 is 0. The molecule has 9 heteroatoms. The van der Waals surface area contributed by atoms with Crippen molar-refractivity contribution in [2.75, 3.05) is 13.2 Å². The van der Waals surface area contributed by atoms with Gasteiger partial charge < -0.3 is 40.3 Å². The lowest BCUT2D eigenvalue weighted by Crippen LogP contribution is -2.60. The Labute approximate surface area is 401 Å². The molecule has 0 aromatic rings. The van der Waals surface area contributed by atoms with Gasteiger partial charge in [0, 0.05) is 6.42 Å². The fourth-order valence-corrected chi connectivity index (χ4v) is 9.32. The standard InChI is InChI=1S/C56H109NO8/c1-3-5-7-9-10-11-12-13-14-15-16-17-18-19-20-21-22-23-24-25-26-27-28-29-30-31-32-33-34-35-36-37-38-39-40-41-42-44-46-52(60)57-49(50(59)45-43-8-6-4-2)48-64-56-55(63)54(62)53(61)51(47-58)65-56/h43,45,49-51,53-56,58-59,61-63H,3-42,44,46-48H2,1-2H3,(H,57,60)/b45-43+. The third-order valence-electron chi connectivity index (χ3n) is 13.9. The van der Waals surface area contributed by atoms with Crippen molar-refractivity contribution in [2.45, 2.75) is 326 Å². The third-order valence-corrected chi connectivity index (χ3v) is 13.9. The van der Waals surface area contributed by atoms with Gasteiger partial charge >= 0.3 is 0 Å². The summed E-state index contributed by atoms with van der Waals surface area (Å²) in [7, 11) is 0. The van der Waals surface area contributed by atoms with Crippen molar-refractivity contribution in [1.82, 2.24) is 5.32 Å². The number of aliphatic hydroxyl groups excluding tert-OH is 5. The van der Waals surface area contributed by atoms with Gasteiger partial charge in [-0.15, -0.1) is 0 Å². The maximum atomic E-state index is 12.8. The number of unbranched alkanes of at least 4 members (excludes halogenated alkanes) is 39. The molecule has 6 N–H and O–H groups in total. The highest BCUT2D eigenvalue weighted by Crippen LogP contribution is 2.23. The summed E-state index contributed by atoms with van der Waals surface area (Å²) in [6.45, 7) is 3.64. The van der Waals surface area contributed by atoms with E-state index in [0.717, 1.165) is 38.5 Å². The van der Waals surface area contributed by atoms with Crippen LogP contribution in [0.3, 0.4) is 0 Å². The summed E-state index contributed by atoms with van der Waals surface area (Å²) in [6.07, 6.45) is 51.2. The Morgan fingerprint density at radius 2 is 0.846 bits per heavy atom. The minimum atomic E-state index is -1.56. The van der Waals surface area contributed by atoms with E-state index in [1.807, 2.05) is 6.08 Å². The number of aliphatic hydroxyl groups is 5. The van der Waals surface area contributed by atoms with Crippen LogP contribution in [0.2, 0.25) is 0 Å². The molecular weight excluding hydrogens is 815 g/mol. The molecular formula is C56H109NO8. The Hall–Kier alpha value is -1.07. The largest absolute Gasteiger partial charge is 0.394 e. The van der Waals surface area contributed by atoms with Crippen LogP contribution in [-0.4, -0.2) is 87.5 Å². The number of carbonyl (C=O) groups excluding carboxylic acids is 1. The van der Waals surface area contributed by atoms with Crippen LogP contribution in [0, 0.1) is 0 Å². The molecule has 1 aliphatic rings. The first-order chi connectivity index (χ1) is 31.8. The lowest BCUT2D eigenvalue weighted by Gasteiger charge is -2.40. The monoisotopic (exact) mass is 924 g/mol. The number of nitrogens with one attached hydrogen (secondary N) is 1. The van der Waals surface area contributed by atoms with Crippen molar-refractivity contribution in [3.63, 3.8) is 0 Å². The van der Waals surface area contributed by atoms with Gasteiger partial charge in [0.25, 0.3) is 0 Å². The molecule has 7 unspecified atom stereocenters. The quantitative estimate of drug-likeness (QED) is 0.0261. The zero-order valence-corrected chi connectivity index (χ0v) is 42.8. The van der Waals surface area contributed by atoms with Crippen molar-refractivity contribution in [3.8, 4) is 0 Å². The van der Waals surface area contributed by atoms with Crippen molar-refractivity contribution in [3.05, 3.63) is 12.2 Å². The van der Waals surface area contributed by atoms with Crippen LogP contribution in [0.25, 0.3) is 0 Å². The molecule has 1 amide bonds. The smallest absolute Gasteiger partial charge is 0.220 e. The number of ether oxygens (including phenoxy) is 2. The number of hydrogen-bond acceptors (Lipinski definition) is 8. The Morgan fingerprint density at radius 1 is 0.508 bits per heavy atom. The van der Waals surface area contributed by atoms with Gasteiger partial charge in [-0.2, -0.15) is 0 Å². The van der Waals surface area contributed by atoms with Gasteiger partial charge in [0.2, 0.25) is 5.91 Å². The fraction of sp³-hybridized carbons (Fsp3) is 0.946. The number of allylic oxidation sites excluding steroid dienone is 1. The van der Waals surface area contributed by atoms with Crippen LogP contribution in [0.4, 0.5) is 0 Å². The van der Waals surface area contributed by atoms with Gasteiger partial charge in [0.05, 0.1) is 25.4 Å². The minimum Gasteiger partial charge on any atom is -0.394 e. The summed E-state index contributed by atoms with van der Waals surface area (Å²) in [5.74, 6) is -0.181. The van der Waals surface area contributed by atoms with Crippen LogP contribution < -0.4 is 5.32 Å². The highest BCUT2D eigenvalue weighted by atomic mass is 16.7. The van der Waals surface area contributed by atoms with Crippen molar-refractivity contribution in [2.24, 2.45) is 0 Å². The van der Waals surface area contributed by atoms with Gasteiger partial charge in [0.1, 0.15) is 24.4 Å². The third kappa shape index (κ3) is 36.6. The lowest BCUT2D eigenvalue weighted by atomic mass is 9.99. The zero-order chi connectivity index (χ0) is 47.3. The molecule has 0 radical (unpaired) electrons. The molecule has 0 aromatic carbocycles. The second-order valence-electron chi connectivity index (χ2n) is 20.1. The second-order valence-corrected chi connectivity index (χ2v) is 20.1. The summed E-state index contributed by atoms with van der Waals surface area (Å²) in [6, 6.07) is -0.796. The summed E-state index contributed by atoms with van der Waals surface area (Å²) in [4.78, 5) is 12.8. The van der Waals surface area contributed by atoms with Crippen LogP contribution >= 0.6 is 0 Å². The lowest BCUT2D eigenvalue weighted by molar-refractivity contribution is -0.302. The van der Waals surface area contributed by atoms with E-state index in [9.17, 15) is 30.3 Å². The van der Waals surface area contributed by atoms with E-state index in [2.05, 4.69) is 19.2 Å². The zero-order valence-electron chi connectivity index (χ0n) is 42.8. The Balaban J connectivity index is 1.89. The van der Waals surface area contributed by atoms with Gasteiger partial charge in [-0.05, 0) is 12.8 Å². The van der Waals surface area contributed by atoms with Gasteiger partial charge in [-0.3, -0.25) is 4.79 Å². The topological polar surface area (TPSA) is 149 Å². The average molecular weight is 924 g/mol. The molecule has 1 aliphatic heterocycles.